The summed E-state index contributed by atoms with van der Waals surface area (Å²) in [5, 5.41) is -0.0000279. The Labute approximate surface area is 98.9 Å². The molecule has 1 aromatic rings. The Kier molecular flexibility index (Phi) is 4.07. The number of hydrazine groups is 1. The lowest BCUT2D eigenvalue weighted by Gasteiger charge is -2.10. The number of hydrogen-bond acceptors (Lipinski definition) is 3. The first-order chi connectivity index (χ1) is 7.54. The van der Waals surface area contributed by atoms with Crippen molar-refractivity contribution in [1.29, 1.82) is 0 Å². The predicted molar refractivity (Wildman–Crippen MR) is 65.1 cm³/mol. The summed E-state index contributed by atoms with van der Waals surface area (Å²) in [6.45, 7) is 1.89. The Morgan fingerprint density at radius 3 is 2.69 bits per heavy atom. The highest BCUT2D eigenvalue weighted by molar-refractivity contribution is 7.80. The number of methoxy groups -OCH3 is 1. The van der Waals surface area contributed by atoms with Gasteiger partial charge in [0.15, 0.2) is 5.11 Å². The minimum Gasteiger partial charge on any atom is -0.496 e. The maximum Gasteiger partial charge on any atom is 0.273 e. The Bertz CT molecular complexity index is 421. The van der Waals surface area contributed by atoms with Gasteiger partial charge in [-0.15, -0.1) is 0 Å². The number of carbonyl (C=O) groups excluding carboxylic acids is 1. The zero-order valence-corrected chi connectivity index (χ0v) is 9.85. The molecule has 0 bridgehead atoms. The van der Waals surface area contributed by atoms with E-state index >= 15 is 0 Å². The van der Waals surface area contributed by atoms with Crippen molar-refractivity contribution >= 4 is 23.2 Å². The molecule has 0 aliphatic carbocycles. The third kappa shape index (κ3) is 3.09. The molecular weight excluding hydrogens is 226 g/mol. The average molecular weight is 239 g/mol. The molecule has 0 saturated heterocycles. The number of nitrogens with two attached hydrogens (primary N) is 1. The second-order valence-corrected chi connectivity index (χ2v) is 3.59. The van der Waals surface area contributed by atoms with Crippen molar-refractivity contribution in [3.8, 4) is 5.75 Å². The molecule has 16 heavy (non-hydrogen) atoms. The van der Waals surface area contributed by atoms with Crippen LogP contribution in [-0.4, -0.2) is 18.1 Å². The molecule has 0 aromatic heterocycles. The highest BCUT2D eigenvalue weighted by Crippen LogP contribution is 2.18. The quantitative estimate of drug-likeness (QED) is 0.517. The van der Waals surface area contributed by atoms with Crippen LogP contribution in [0.2, 0.25) is 0 Å². The van der Waals surface area contributed by atoms with Gasteiger partial charge in [-0.2, -0.15) is 0 Å². The molecule has 1 amide bonds. The van der Waals surface area contributed by atoms with Crippen molar-refractivity contribution in [1.82, 2.24) is 10.9 Å². The second kappa shape index (κ2) is 5.32. The van der Waals surface area contributed by atoms with Crippen LogP contribution < -0.4 is 21.3 Å². The SMILES string of the molecule is COc1ccc(C)cc1C(=O)NNC(N)=S. The predicted octanol–water partition coefficient (Wildman–Crippen LogP) is 0.482. The van der Waals surface area contributed by atoms with Gasteiger partial charge in [-0.3, -0.25) is 15.6 Å². The van der Waals surface area contributed by atoms with E-state index in [1.165, 1.54) is 7.11 Å². The first kappa shape index (κ1) is 12.3. The van der Waals surface area contributed by atoms with Gasteiger partial charge in [-0.05, 0) is 31.3 Å². The first-order valence-corrected chi connectivity index (χ1v) is 4.96. The van der Waals surface area contributed by atoms with E-state index in [1.807, 2.05) is 13.0 Å². The third-order valence-electron chi connectivity index (χ3n) is 1.90. The first-order valence-electron chi connectivity index (χ1n) is 4.55. The van der Waals surface area contributed by atoms with Crippen LogP contribution in [0.1, 0.15) is 15.9 Å². The number of hydrogen-bond donors (Lipinski definition) is 3. The summed E-state index contributed by atoms with van der Waals surface area (Å²) in [6.07, 6.45) is 0. The summed E-state index contributed by atoms with van der Waals surface area (Å²) in [5.41, 5.74) is 11.3. The van der Waals surface area contributed by atoms with E-state index in [1.54, 1.807) is 12.1 Å². The van der Waals surface area contributed by atoms with Crippen LogP contribution in [-0.2, 0) is 0 Å². The Hall–Kier alpha value is -1.82. The summed E-state index contributed by atoms with van der Waals surface area (Å²) >= 11 is 4.57. The van der Waals surface area contributed by atoms with Crippen molar-refractivity contribution < 1.29 is 9.53 Å². The third-order valence-corrected chi connectivity index (χ3v) is 2.00. The van der Waals surface area contributed by atoms with Crippen molar-refractivity contribution in [3.63, 3.8) is 0 Å². The van der Waals surface area contributed by atoms with E-state index in [-0.39, 0.29) is 11.0 Å². The lowest BCUT2D eigenvalue weighted by atomic mass is 10.1. The average Bonchev–Trinajstić information content (AvgIpc) is 2.25. The van der Waals surface area contributed by atoms with E-state index in [4.69, 9.17) is 10.5 Å². The molecule has 1 rings (SSSR count). The maximum absolute atomic E-state index is 11.7. The van der Waals surface area contributed by atoms with E-state index in [2.05, 4.69) is 23.1 Å². The van der Waals surface area contributed by atoms with Gasteiger partial charge in [0.2, 0.25) is 0 Å². The molecule has 0 atom stereocenters. The number of aryl methyl sites for hydroxylation is 1. The van der Waals surface area contributed by atoms with Gasteiger partial charge in [0.05, 0.1) is 12.7 Å². The second-order valence-electron chi connectivity index (χ2n) is 3.15. The van der Waals surface area contributed by atoms with Crippen LogP contribution in [0, 0.1) is 6.92 Å². The monoisotopic (exact) mass is 239 g/mol. The van der Waals surface area contributed by atoms with Gasteiger partial charge < -0.3 is 10.5 Å². The Balaban J connectivity index is 2.88. The molecule has 0 spiro atoms. The van der Waals surface area contributed by atoms with Gasteiger partial charge in [-0.1, -0.05) is 11.6 Å². The highest BCUT2D eigenvalue weighted by Gasteiger charge is 2.11. The van der Waals surface area contributed by atoms with Crippen molar-refractivity contribution in [2.45, 2.75) is 6.92 Å². The molecule has 0 radical (unpaired) electrons. The van der Waals surface area contributed by atoms with Gasteiger partial charge in [0.25, 0.3) is 5.91 Å². The highest BCUT2D eigenvalue weighted by atomic mass is 32.1. The normalized spacial score (nSPS) is 9.38. The van der Waals surface area contributed by atoms with E-state index in [0.29, 0.717) is 11.3 Å². The number of thiocarbonyl (C=S) groups is 1. The van der Waals surface area contributed by atoms with Gasteiger partial charge in [0, 0.05) is 0 Å². The van der Waals surface area contributed by atoms with Gasteiger partial charge >= 0.3 is 0 Å². The van der Waals surface area contributed by atoms with E-state index < -0.39 is 0 Å². The van der Waals surface area contributed by atoms with Gasteiger partial charge in [0.1, 0.15) is 5.75 Å². The Morgan fingerprint density at radius 1 is 1.44 bits per heavy atom. The van der Waals surface area contributed by atoms with Crippen LogP contribution >= 0.6 is 12.2 Å². The van der Waals surface area contributed by atoms with Crippen molar-refractivity contribution in [3.05, 3.63) is 29.3 Å². The number of benzene rings is 1. The lowest BCUT2D eigenvalue weighted by Crippen LogP contribution is -2.44. The topological polar surface area (TPSA) is 76.4 Å². The minimum atomic E-state index is -0.353. The molecule has 0 unspecified atom stereocenters. The molecule has 86 valence electrons. The zero-order chi connectivity index (χ0) is 12.1. The van der Waals surface area contributed by atoms with E-state index in [9.17, 15) is 4.79 Å². The summed E-state index contributed by atoms with van der Waals surface area (Å²) in [6, 6.07) is 5.30. The van der Waals surface area contributed by atoms with Gasteiger partial charge in [-0.25, -0.2) is 0 Å². The van der Waals surface area contributed by atoms with Crippen molar-refractivity contribution in [2.75, 3.05) is 7.11 Å². The van der Waals surface area contributed by atoms with Crippen LogP contribution in [0.5, 0.6) is 5.75 Å². The number of rotatable bonds is 2. The fourth-order valence-corrected chi connectivity index (χ4v) is 1.24. The number of carbonyl (C=O) groups is 1. The fraction of sp³-hybridized carbons (Fsp3) is 0.200. The molecule has 6 heteroatoms. The smallest absolute Gasteiger partial charge is 0.273 e. The molecule has 4 N–H and O–H groups in total. The summed E-state index contributed by atoms with van der Waals surface area (Å²) < 4.78 is 5.08. The van der Waals surface area contributed by atoms with Crippen LogP contribution in [0.3, 0.4) is 0 Å². The molecular formula is C10H13N3O2S. The standard InChI is InChI=1S/C10H13N3O2S/c1-6-3-4-8(15-2)7(5-6)9(14)12-13-10(11)16/h3-5H,1-2H3,(H,12,14)(H3,11,13,16). The largest absolute Gasteiger partial charge is 0.496 e. The summed E-state index contributed by atoms with van der Waals surface area (Å²) in [4.78, 5) is 11.7. The summed E-state index contributed by atoms with van der Waals surface area (Å²) in [7, 11) is 1.50. The molecule has 5 nitrogen and oxygen atoms in total. The molecule has 0 fully saturated rings. The number of amides is 1. The summed E-state index contributed by atoms with van der Waals surface area (Å²) in [5.74, 6) is 0.140. The van der Waals surface area contributed by atoms with Crippen LogP contribution in [0.4, 0.5) is 0 Å². The van der Waals surface area contributed by atoms with Crippen molar-refractivity contribution in [2.24, 2.45) is 5.73 Å². The molecule has 0 aliphatic heterocycles. The van der Waals surface area contributed by atoms with Crippen LogP contribution in [0.25, 0.3) is 0 Å². The molecule has 0 saturated carbocycles. The number of nitrogens with one attached hydrogen (secondary N) is 2. The lowest BCUT2D eigenvalue weighted by molar-refractivity contribution is 0.0941. The zero-order valence-electron chi connectivity index (χ0n) is 9.03. The van der Waals surface area contributed by atoms with Crippen LogP contribution in [0.15, 0.2) is 18.2 Å². The fourth-order valence-electron chi connectivity index (χ4n) is 1.18. The molecule has 0 heterocycles. The molecule has 1 aromatic carbocycles. The maximum atomic E-state index is 11.7. The Morgan fingerprint density at radius 2 is 2.12 bits per heavy atom. The van der Waals surface area contributed by atoms with E-state index in [0.717, 1.165) is 5.56 Å². The number of ether oxygens (including phenoxy) is 1. The molecule has 0 aliphatic rings. The minimum absolute atomic E-state index is 0.0000279.